The lowest BCUT2D eigenvalue weighted by atomic mass is 9.55. The van der Waals surface area contributed by atoms with Gasteiger partial charge in [0.2, 0.25) is 0 Å². The zero-order valence-electron chi connectivity index (χ0n) is 12.7. The second-order valence-corrected chi connectivity index (χ2v) is 6.55. The van der Waals surface area contributed by atoms with Gasteiger partial charge in [0.15, 0.2) is 0 Å². The van der Waals surface area contributed by atoms with Crippen LogP contribution in [0.5, 0.6) is 0 Å². The number of nitrogens with one attached hydrogen (secondary N) is 1. The summed E-state index contributed by atoms with van der Waals surface area (Å²) in [5.74, 6) is 0.776. The van der Waals surface area contributed by atoms with Crippen molar-refractivity contribution in [2.45, 2.75) is 51.4 Å². The number of hydrogen-bond acceptors (Lipinski definition) is 1. The first-order chi connectivity index (χ1) is 9.84. The third-order valence-corrected chi connectivity index (χ3v) is 5.23. The number of benzene rings is 1. The van der Waals surface area contributed by atoms with Gasteiger partial charge < -0.3 is 5.32 Å². The summed E-state index contributed by atoms with van der Waals surface area (Å²) in [4.78, 5) is 0. The fourth-order valence-electron chi connectivity index (χ4n) is 4.05. The fourth-order valence-corrected chi connectivity index (χ4v) is 4.05. The van der Waals surface area contributed by atoms with E-state index in [1.807, 2.05) is 0 Å². The van der Waals surface area contributed by atoms with Crippen molar-refractivity contribution in [1.29, 1.82) is 0 Å². The van der Waals surface area contributed by atoms with E-state index < -0.39 is 0 Å². The second-order valence-electron chi connectivity index (χ2n) is 6.55. The maximum atomic E-state index is 3.62. The number of hydrogen-bond donors (Lipinski definition) is 1. The van der Waals surface area contributed by atoms with Gasteiger partial charge in [0, 0.05) is 12.0 Å². The van der Waals surface area contributed by atoms with Crippen LogP contribution in [-0.4, -0.2) is 13.1 Å². The molecule has 1 N–H and O–H groups in total. The van der Waals surface area contributed by atoms with E-state index in [9.17, 15) is 0 Å². The van der Waals surface area contributed by atoms with Gasteiger partial charge in [-0.1, -0.05) is 48.9 Å². The zero-order chi connectivity index (χ0) is 13.8. The van der Waals surface area contributed by atoms with Crippen molar-refractivity contribution in [3.63, 3.8) is 0 Å². The van der Waals surface area contributed by atoms with Gasteiger partial charge in [-0.3, -0.25) is 0 Å². The Morgan fingerprint density at radius 2 is 1.95 bits per heavy atom. The molecule has 0 atom stereocenters. The van der Waals surface area contributed by atoms with E-state index in [4.69, 9.17) is 0 Å². The van der Waals surface area contributed by atoms with Gasteiger partial charge in [-0.2, -0.15) is 0 Å². The van der Waals surface area contributed by atoms with Crippen LogP contribution >= 0.6 is 0 Å². The molecular weight excluding hydrogens is 242 g/mol. The molecule has 1 fully saturated rings. The molecule has 0 aliphatic heterocycles. The van der Waals surface area contributed by atoms with Gasteiger partial charge in [0.05, 0.1) is 0 Å². The van der Waals surface area contributed by atoms with Gasteiger partial charge in [0.25, 0.3) is 0 Å². The average molecular weight is 269 g/mol. The molecule has 0 spiro atoms. The van der Waals surface area contributed by atoms with Crippen LogP contribution < -0.4 is 5.32 Å². The van der Waals surface area contributed by atoms with Gasteiger partial charge >= 0.3 is 0 Å². The van der Waals surface area contributed by atoms with Gasteiger partial charge in [-0.15, -0.1) is 0 Å². The molecule has 0 heterocycles. The predicted octanol–water partition coefficient (Wildman–Crippen LogP) is 4.66. The third kappa shape index (κ3) is 2.69. The van der Waals surface area contributed by atoms with Crippen molar-refractivity contribution in [3.05, 3.63) is 47.5 Å². The minimum atomic E-state index is 0.469. The molecule has 1 heteroatoms. The van der Waals surface area contributed by atoms with E-state index >= 15 is 0 Å². The Hall–Kier alpha value is -1.08. The lowest BCUT2D eigenvalue weighted by molar-refractivity contribution is 0.137. The molecule has 0 saturated heterocycles. The molecule has 0 bridgehead atoms. The molecule has 20 heavy (non-hydrogen) atoms. The molecule has 0 unspecified atom stereocenters. The molecule has 1 aromatic carbocycles. The molecule has 1 saturated carbocycles. The first kappa shape index (κ1) is 13.9. The molecule has 1 aromatic rings. The smallest absolute Gasteiger partial charge is 0.00483 e. The highest BCUT2D eigenvalue weighted by Gasteiger charge is 2.46. The summed E-state index contributed by atoms with van der Waals surface area (Å²) >= 11 is 0. The van der Waals surface area contributed by atoms with Crippen LogP contribution in [0, 0.1) is 5.41 Å². The minimum absolute atomic E-state index is 0.469. The topological polar surface area (TPSA) is 12.0 Å². The molecule has 108 valence electrons. The van der Waals surface area contributed by atoms with Gasteiger partial charge in [0.1, 0.15) is 0 Å². The minimum Gasteiger partial charge on any atom is -0.316 e. The first-order valence-corrected chi connectivity index (χ1v) is 8.29. The highest BCUT2D eigenvalue weighted by atomic mass is 14.9. The summed E-state index contributed by atoms with van der Waals surface area (Å²) in [6.45, 7) is 4.49. The summed E-state index contributed by atoms with van der Waals surface area (Å²) in [5.41, 5.74) is 3.77. The van der Waals surface area contributed by atoms with Crippen LogP contribution in [-0.2, 0) is 0 Å². The molecule has 2 aliphatic carbocycles. The van der Waals surface area contributed by atoms with Crippen molar-refractivity contribution in [3.8, 4) is 0 Å². The second kappa shape index (κ2) is 6.13. The molecule has 0 amide bonds. The summed E-state index contributed by atoms with van der Waals surface area (Å²) in [5, 5.41) is 3.62. The van der Waals surface area contributed by atoms with Crippen LogP contribution in [0.3, 0.4) is 0 Å². The van der Waals surface area contributed by atoms with Crippen molar-refractivity contribution in [2.24, 2.45) is 5.41 Å². The first-order valence-electron chi connectivity index (χ1n) is 8.29. The van der Waals surface area contributed by atoms with Crippen molar-refractivity contribution < 1.29 is 0 Å². The normalized spacial score (nSPS) is 29.6. The lowest BCUT2D eigenvalue weighted by Crippen LogP contribution is -2.45. The monoisotopic (exact) mass is 269 g/mol. The van der Waals surface area contributed by atoms with E-state index in [-0.39, 0.29) is 0 Å². The Labute approximate surface area is 123 Å². The fraction of sp³-hybridized carbons (Fsp3) is 0.579. The maximum absolute atomic E-state index is 3.62. The van der Waals surface area contributed by atoms with E-state index in [0.29, 0.717) is 5.41 Å². The van der Waals surface area contributed by atoms with Crippen molar-refractivity contribution in [1.82, 2.24) is 5.32 Å². The number of allylic oxidation sites excluding steroid dienone is 1. The third-order valence-electron chi connectivity index (χ3n) is 5.23. The van der Waals surface area contributed by atoms with Crippen molar-refractivity contribution in [2.75, 3.05) is 13.1 Å². The van der Waals surface area contributed by atoms with Crippen molar-refractivity contribution >= 4 is 0 Å². The van der Waals surface area contributed by atoms with Crippen LogP contribution in [0.4, 0.5) is 0 Å². The van der Waals surface area contributed by atoms with Crippen LogP contribution in [0.15, 0.2) is 42.0 Å². The Kier molecular flexibility index (Phi) is 4.26. The van der Waals surface area contributed by atoms with Gasteiger partial charge in [-0.25, -0.2) is 0 Å². The average Bonchev–Trinajstić information content (AvgIpc) is 2.48. The van der Waals surface area contributed by atoms with E-state index in [1.165, 1.54) is 50.6 Å². The summed E-state index contributed by atoms with van der Waals surface area (Å²) in [6, 6.07) is 11.1. The molecule has 0 aromatic heterocycles. The summed E-state index contributed by atoms with van der Waals surface area (Å²) in [6.07, 6.45) is 10.7. The Balaban J connectivity index is 1.72. The van der Waals surface area contributed by atoms with E-state index in [0.717, 1.165) is 12.5 Å². The quantitative estimate of drug-likeness (QED) is 0.767. The molecule has 2 aliphatic rings. The Bertz CT molecular complexity index is 454. The maximum Gasteiger partial charge on any atom is 0.00483 e. The SMILES string of the molecule is CCNCC1(C2=CCCCC2)CC(c2ccccc2)C1. The van der Waals surface area contributed by atoms with E-state index in [2.05, 4.69) is 48.6 Å². The molecule has 3 rings (SSSR count). The largest absolute Gasteiger partial charge is 0.316 e. The van der Waals surface area contributed by atoms with Crippen LogP contribution in [0.1, 0.15) is 56.9 Å². The van der Waals surface area contributed by atoms with Crippen LogP contribution in [0.2, 0.25) is 0 Å². The summed E-state index contributed by atoms with van der Waals surface area (Å²) in [7, 11) is 0. The Morgan fingerprint density at radius 3 is 2.60 bits per heavy atom. The van der Waals surface area contributed by atoms with Gasteiger partial charge in [-0.05, 0) is 56.6 Å². The highest BCUT2D eigenvalue weighted by Crippen LogP contribution is 2.56. The molecule has 0 radical (unpaired) electrons. The zero-order valence-corrected chi connectivity index (χ0v) is 12.7. The predicted molar refractivity (Wildman–Crippen MR) is 85.9 cm³/mol. The summed E-state index contributed by atoms with van der Waals surface area (Å²) < 4.78 is 0. The highest BCUT2D eigenvalue weighted by molar-refractivity contribution is 5.30. The van der Waals surface area contributed by atoms with E-state index in [1.54, 1.807) is 5.57 Å². The number of rotatable bonds is 5. The standard InChI is InChI=1S/C19H27N/c1-2-20-15-19(18-11-7-4-8-12-18)13-17(14-19)16-9-5-3-6-10-16/h3,5-6,9-11,17,20H,2,4,7-8,12-15H2,1H3. The lowest BCUT2D eigenvalue weighted by Gasteiger charge is -2.51. The van der Waals surface area contributed by atoms with Crippen LogP contribution in [0.25, 0.3) is 0 Å². The molecular formula is C19H27N. The Morgan fingerprint density at radius 1 is 1.15 bits per heavy atom. The molecule has 1 nitrogen and oxygen atoms in total.